The van der Waals surface area contributed by atoms with E-state index in [9.17, 15) is 4.79 Å². The topological polar surface area (TPSA) is 58.9 Å². The Morgan fingerprint density at radius 3 is 2.52 bits per heavy atom. The van der Waals surface area contributed by atoms with E-state index in [1.807, 2.05) is 37.3 Å². The first-order chi connectivity index (χ1) is 10.1. The summed E-state index contributed by atoms with van der Waals surface area (Å²) in [6, 6.07) is 9.69. The Kier molecular flexibility index (Phi) is 5.11. The van der Waals surface area contributed by atoms with E-state index in [-0.39, 0.29) is 5.91 Å². The van der Waals surface area contributed by atoms with Crippen molar-refractivity contribution in [3.05, 3.63) is 47.3 Å². The second-order valence-electron chi connectivity index (χ2n) is 4.93. The summed E-state index contributed by atoms with van der Waals surface area (Å²) in [6.07, 6.45) is 0.820. The van der Waals surface area contributed by atoms with Gasteiger partial charge in [0, 0.05) is 19.3 Å². The van der Waals surface area contributed by atoms with Gasteiger partial charge >= 0.3 is 0 Å². The molecule has 2 rings (SSSR count). The SMILES string of the molecule is CCNCc1ccc(NC(=O)c2cc(CC)nn2C)cc1. The van der Waals surface area contributed by atoms with Crippen LogP contribution in [-0.4, -0.2) is 22.2 Å². The van der Waals surface area contributed by atoms with Gasteiger partial charge in [-0.1, -0.05) is 26.0 Å². The van der Waals surface area contributed by atoms with E-state index in [0.29, 0.717) is 5.69 Å². The van der Waals surface area contributed by atoms with Crippen molar-refractivity contribution in [2.24, 2.45) is 7.05 Å². The molecule has 0 saturated carbocycles. The van der Waals surface area contributed by atoms with Crippen molar-refractivity contribution in [2.45, 2.75) is 26.8 Å². The number of nitrogens with one attached hydrogen (secondary N) is 2. The van der Waals surface area contributed by atoms with Crippen LogP contribution in [0.25, 0.3) is 0 Å². The molecule has 112 valence electrons. The maximum Gasteiger partial charge on any atom is 0.273 e. The third-order valence-corrected chi connectivity index (χ3v) is 3.32. The molecule has 5 heteroatoms. The van der Waals surface area contributed by atoms with Gasteiger partial charge in [-0.15, -0.1) is 0 Å². The van der Waals surface area contributed by atoms with Crippen LogP contribution in [0.4, 0.5) is 5.69 Å². The predicted molar refractivity (Wildman–Crippen MR) is 84.4 cm³/mol. The number of nitrogens with zero attached hydrogens (tertiary/aromatic N) is 2. The van der Waals surface area contributed by atoms with Gasteiger partial charge in [-0.25, -0.2) is 0 Å². The lowest BCUT2D eigenvalue weighted by Gasteiger charge is -2.07. The van der Waals surface area contributed by atoms with Gasteiger partial charge in [-0.3, -0.25) is 9.48 Å². The molecule has 1 aromatic heterocycles. The molecule has 0 spiro atoms. The Balaban J connectivity index is 2.03. The first-order valence-electron chi connectivity index (χ1n) is 7.28. The van der Waals surface area contributed by atoms with Crippen LogP contribution >= 0.6 is 0 Å². The zero-order valence-corrected chi connectivity index (χ0v) is 12.8. The molecule has 2 aromatic rings. The third-order valence-electron chi connectivity index (χ3n) is 3.32. The van der Waals surface area contributed by atoms with Gasteiger partial charge in [-0.05, 0) is 36.7 Å². The van der Waals surface area contributed by atoms with Crippen molar-refractivity contribution in [3.8, 4) is 0 Å². The molecule has 0 aliphatic rings. The van der Waals surface area contributed by atoms with E-state index >= 15 is 0 Å². The second kappa shape index (κ2) is 7.04. The molecular weight excluding hydrogens is 264 g/mol. The summed E-state index contributed by atoms with van der Waals surface area (Å²) in [6.45, 7) is 5.88. The average molecular weight is 286 g/mol. The lowest BCUT2D eigenvalue weighted by Crippen LogP contribution is -2.16. The van der Waals surface area contributed by atoms with E-state index < -0.39 is 0 Å². The lowest BCUT2D eigenvalue weighted by atomic mass is 10.2. The summed E-state index contributed by atoms with van der Waals surface area (Å²) in [5, 5.41) is 10.5. The average Bonchev–Trinajstić information content (AvgIpc) is 2.88. The molecule has 5 nitrogen and oxygen atoms in total. The highest BCUT2D eigenvalue weighted by Crippen LogP contribution is 2.12. The highest BCUT2D eigenvalue weighted by Gasteiger charge is 2.12. The first-order valence-corrected chi connectivity index (χ1v) is 7.28. The molecular formula is C16H22N4O. The number of rotatable bonds is 6. The summed E-state index contributed by atoms with van der Waals surface area (Å²) in [5.74, 6) is -0.135. The molecule has 0 bridgehead atoms. The minimum Gasteiger partial charge on any atom is -0.321 e. The van der Waals surface area contributed by atoms with Crippen molar-refractivity contribution in [3.63, 3.8) is 0 Å². The van der Waals surface area contributed by atoms with Crippen LogP contribution in [0, 0.1) is 0 Å². The number of hydrogen-bond donors (Lipinski definition) is 2. The smallest absolute Gasteiger partial charge is 0.273 e. The highest BCUT2D eigenvalue weighted by atomic mass is 16.2. The molecule has 0 fully saturated rings. The maximum absolute atomic E-state index is 12.2. The monoisotopic (exact) mass is 286 g/mol. The fourth-order valence-electron chi connectivity index (χ4n) is 2.08. The minimum absolute atomic E-state index is 0.135. The van der Waals surface area contributed by atoms with Crippen LogP contribution in [0.15, 0.2) is 30.3 Å². The largest absolute Gasteiger partial charge is 0.321 e. The number of aryl methyl sites for hydroxylation is 2. The number of amides is 1. The number of benzene rings is 1. The normalized spacial score (nSPS) is 10.6. The molecule has 0 aliphatic carbocycles. The van der Waals surface area contributed by atoms with Gasteiger partial charge in [0.1, 0.15) is 5.69 Å². The molecule has 1 aromatic carbocycles. The number of hydrogen-bond acceptors (Lipinski definition) is 3. The molecule has 0 unspecified atom stereocenters. The third kappa shape index (κ3) is 3.92. The summed E-state index contributed by atoms with van der Waals surface area (Å²) in [7, 11) is 1.79. The fourth-order valence-corrected chi connectivity index (χ4v) is 2.08. The number of anilines is 1. The lowest BCUT2D eigenvalue weighted by molar-refractivity contribution is 0.101. The second-order valence-corrected chi connectivity index (χ2v) is 4.93. The zero-order valence-electron chi connectivity index (χ0n) is 12.8. The van der Waals surface area contributed by atoms with Crippen molar-refractivity contribution in [1.82, 2.24) is 15.1 Å². The van der Waals surface area contributed by atoms with Crippen molar-refractivity contribution in [2.75, 3.05) is 11.9 Å². The van der Waals surface area contributed by atoms with Crippen LogP contribution in [0.5, 0.6) is 0 Å². The minimum atomic E-state index is -0.135. The fraction of sp³-hybridized carbons (Fsp3) is 0.375. The Bertz CT molecular complexity index is 601. The van der Waals surface area contributed by atoms with E-state index in [1.165, 1.54) is 5.56 Å². The molecule has 0 atom stereocenters. The Morgan fingerprint density at radius 1 is 1.24 bits per heavy atom. The van der Waals surface area contributed by atoms with Gasteiger partial charge in [-0.2, -0.15) is 5.10 Å². The summed E-state index contributed by atoms with van der Waals surface area (Å²) < 4.78 is 1.62. The van der Waals surface area contributed by atoms with E-state index in [0.717, 1.165) is 30.9 Å². The quantitative estimate of drug-likeness (QED) is 0.857. The number of aromatic nitrogens is 2. The number of carbonyl (C=O) groups is 1. The molecule has 0 saturated heterocycles. The van der Waals surface area contributed by atoms with Crippen molar-refractivity contribution < 1.29 is 4.79 Å². The van der Waals surface area contributed by atoms with Crippen LogP contribution in [0.2, 0.25) is 0 Å². The maximum atomic E-state index is 12.2. The highest BCUT2D eigenvalue weighted by molar-refractivity contribution is 6.03. The molecule has 2 N–H and O–H groups in total. The molecule has 0 radical (unpaired) electrons. The molecule has 1 amide bonds. The van der Waals surface area contributed by atoms with E-state index in [2.05, 4.69) is 22.7 Å². The van der Waals surface area contributed by atoms with Crippen LogP contribution in [0.1, 0.15) is 35.6 Å². The Morgan fingerprint density at radius 2 is 1.95 bits per heavy atom. The molecule has 0 aliphatic heterocycles. The molecule has 1 heterocycles. The van der Waals surface area contributed by atoms with Gasteiger partial charge in [0.15, 0.2) is 0 Å². The van der Waals surface area contributed by atoms with Gasteiger partial charge in [0.05, 0.1) is 5.69 Å². The van der Waals surface area contributed by atoms with E-state index in [4.69, 9.17) is 0 Å². The van der Waals surface area contributed by atoms with Crippen LogP contribution in [0.3, 0.4) is 0 Å². The molecule has 21 heavy (non-hydrogen) atoms. The predicted octanol–water partition coefficient (Wildman–Crippen LogP) is 2.34. The first kappa shape index (κ1) is 15.3. The van der Waals surface area contributed by atoms with Gasteiger partial charge in [0.2, 0.25) is 0 Å². The van der Waals surface area contributed by atoms with Crippen LogP contribution < -0.4 is 10.6 Å². The van der Waals surface area contributed by atoms with E-state index in [1.54, 1.807) is 11.7 Å². The summed E-state index contributed by atoms with van der Waals surface area (Å²) in [5.41, 5.74) is 3.48. The summed E-state index contributed by atoms with van der Waals surface area (Å²) >= 11 is 0. The van der Waals surface area contributed by atoms with Gasteiger partial charge in [0.25, 0.3) is 5.91 Å². The summed E-state index contributed by atoms with van der Waals surface area (Å²) in [4.78, 5) is 12.2. The zero-order chi connectivity index (χ0) is 15.2. The van der Waals surface area contributed by atoms with Gasteiger partial charge < -0.3 is 10.6 Å². The standard InChI is InChI=1S/C16H22N4O/c1-4-13-10-15(20(3)19-13)16(21)18-14-8-6-12(7-9-14)11-17-5-2/h6-10,17H,4-5,11H2,1-3H3,(H,18,21). The van der Waals surface area contributed by atoms with Crippen molar-refractivity contribution in [1.29, 1.82) is 0 Å². The van der Waals surface area contributed by atoms with Crippen molar-refractivity contribution >= 4 is 11.6 Å². The Hall–Kier alpha value is -2.14. The Labute approximate surface area is 125 Å². The number of carbonyl (C=O) groups excluding carboxylic acids is 1. The van der Waals surface area contributed by atoms with Crippen LogP contribution in [-0.2, 0) is 20.0 Å².